The molecule has 3 nitrogen and oxygen atoms in total. The van der Waals surface area contributed by atoms with Crippen molar-refractivity contribution in [1.29, 1.82) is 0 Å². The molecule has 3 heteroatoms. The number of likely N-dealkylation sites (tertiary alicyclic amines) is 1. The van der Waals surface area contributed by atoms with Crippen LogP contribution in [0, 0.1) is 5.92 Å². The number of Topliss-reactive ketones (excluding diaryl/α,β-unsaturated/α-hetero) is 1. The van der Waals surface area contributed by atoms with E-state index in [1.54, 1.807) is 0 Å². The minimum absolute atomic E-state index is 0.0327. The molecule has 2 heterocycles. The van der Waals surface area contributed by atoms with Gasteiger partial charge in [0.2, 0.25) is 0 Å². The summed E-state index contributed by atoms with van der Waals surface area (Å²) in [6.45, 7) is 3.80. The van der Waals surface area contributed by atoms with Crippen LogP contribution < -0.4 is 0 Å². The zero-order valence-electron chi connectivity index (χ0n) is 9.03. The van der Waals surface area contributed by atoms with Gasteiger partial charge in [0.25, 0.3) is 0 Å². The summed E-state index contributed by atoms with van der Waals surface area (Å²) < 4.78 is 5.75. The minimum atomic E-state index is 0.0327. The molecule has 80 valence electrons. The van der Waals surface area contributed by atoms with E-state index >= 15 is 0 Å². The van der Waals surface area contributed by atoms with Crippen molar-refractivity contribution in [2.24, 2.45) is 5.92 Å². The lowest BCUT2D eigenvalue weighted by molar-refractivity contribution is -0.127. The lowest BCUT2D eigenvalue weighted by atomic mass is 9.92. The van der Waals surface area contributed by atoms with Crippen LogP contribution in [0.15, 0.2) is 0 Å². The lowest BCUT2D eigenvalue weighted by Gasteiger charge is -2.28. The van der Waals surface area contributed by atoms with Crippen molar-refractivity contribution >= 4 is 5.78 Å². The van der Waals surface area contributed by atoms with E-state index in [0.717, 1.165) is 19.6 Å². The Hall–Kier alpha value is -0.410. The molecule has 0 aromatic heterocycles. The summed E-state index contributed by atoms with van der Waals surface area (Å²) in [6.07, 6.45) is 3.19. The van der Waals surface area contributed by atoms with Gasteiger partial charge in [0.05, 0.1) is 12.1 Å². The molecule has 14 heavy (non-hydrogen) atoms. The number of hydrogen-bond donors (Lipinski definition) is 0. The van der Waals surface area contributed by atoms with Crippen molar-refractivity contribution in [3.8, 4) is 0 Å². The normalized spacial score (nSPS) is 38.3. The monoisotopic (exact) mass is 197 g/mol. The topological polar surface area (TPSA) is 29.5 Å². The van der Waals surface area contributed by atoms with Crippen molar-refractivity contribution in [3.05, 3.63) is 0 Å². The van der Waals surface area contributed by atoms with E-state index < -0.39 is 0 Å². The molecule has 0 spiro atoms. The van der Waals surface area contributed by atoms with Crippen LogP contribution in [-0.4, -0.2) is 43.0 Å². The highest BCUT2D eigenvalue weighted by Crippen LogP contribution is 2.32. The molecule has 0 saturated carbocycles. The Morgan fingerprint density at radius 3 is 3.07 bits per heavy atom. The van der Waals surface area contributed by atoms with Gasteiger partial charge in [0.15, 0.2) is 5.78 Å². The van der Waals surface area contributed by atoms with Gasteiger partial charge >= 0.3 is 0 Å². The van der Waals surface area contributed by atoms with Crippen LogP contribution in [0.5, 0.6) is 0 Å². The fraction of sp³-hybridized carbons (Fsp3) is 0.909. The lowest BCUT2D eigenvalue weighted by Crippen LogP contribution is -2.42. The summed E-state index contributed by atoms with van der Waals surface area (Å²) in [6, 6.07) is 0.0327. The van der Waals surface area contributed by atoms with Crippen molar-refractivity contribution in [1.82, 2.24) is 4.90 Å². The van der Waals surface area contributed by atoms with Gasteiger partial charge in [0.1, 0.15) is 0 Å². The van der Waals surface area contributed by atoms with E-state index in [2.05, 4.69) is 4.90 Å². The SMILES string of the molecule is CCC(=O)C1C2OCCCC2CN1C. The first-order valence-corrected chi connectivity index (χ1v) is 5.58. The second-order valence-electron chi connectivity index (χ2n) is 4.44. The van der Waals surface area contributed by atoms with Crippen LogP contribution in [0.25, 0.3) is 0 Å². The summed E-state index contributed by atoms with van der Waals surface area (Å²) in [4.78, 5) is 13.9. The molecular formula is C11H19NO2. The smallest absolute Gasteiger partial charge is 0.152 e. The van der Waals surface area contributed by atoms with Crippen molar-refractivity contribution in [3.63, 3.8) is 0 Å². The minimum Gasteiger partial charge on any atom is -0.376 e. The third kappa shape index (κ3) is 1.59. The van der Waals surface area contributed by atoms with Gasteiger partial charge in [-0.25, -0.2) is 0 Å². The number of carbonyl (C=O) groups excluding carboxylic acids is 1. The van der Waals surface area contributed by atoms with E-state index in [-0.39, 0.29) is 12.1 Å². The van der Waals surface area contributed by atoms with E-state index in [9.17, 15) is 4.79 Å². The average molecular weight is 197 g/mol. The highest BCUT2D eigenvalue weighted by Gasteiger charge is 2.44. The molecule has 0 aliphatic carbocycles. The van der Waals surface area contributed by atoms with E-state index in [1.807, 2.05) is 14.0 Å². The first-order valence-electron chi connectivity index (χ1n) is 5.58. The Labute approximate surface area is 85.4 Å². The molecule has 0 aromatic carbocycles. The van der Waals surface area contributed by atoms with Gasteiger partial charge in [-0.05, 0) is 25.8 Å². The third-order valence-corrected chi connectivity index (χ3v) is 3.48. The molecule has 0 radical (unpaired) electrons. The maximum Gasteiger partial charge on any atom is 0.152 e. The van der Waals surface area contributed by atoms with Crippen LogP contribution in [0.1, 0.15) is 26.2 Å². The molecule has 2 rings (SSSR count). The zero-order valence-corrected chi connectivity index (χ0v) is 9.03. The number of nitrogens with zero attached hydrogens (tertiary/aromatic N) is 1. The zero-order chi connectivity index (χ0) is 10.1. The molecule has 0 amide bonds. The van der Waals surface area contributed by atoms with Crippen LogP contribution in [0.3, 0.4) is 0 Å². The van der Waals surface area contributed by atoms with Crippen LogP contribution >= 0.6 is 0 Å². The first-order chi connectivity index (χ1) is 6.74. The van der Waals surface area contributed by atoms with E-state index in [1.165, 1.54) is 6.42 Å². The first kappa shape index (κ1) is 10.1. The fourth-order valence-corrected chi connectivity index (χ4v) is 2.78. The highest BCUT2D eigenvalue weighted by atomic mass is 16.5. The summed E-state index contributed by atoms with van der Waals surface area (Å²) in [7, 11) is 2.04. The summed E-state index contributed by atoms with van der Waals surface area (Å²) in [5, 5.41) is 0. The number of rotatable bonds is 2. The Kier molecular flexibility index (Phi) is 2.88. The molecule has 3 unspecified atom stereocenters. The Morgan fingerprint density at radius 2 is 2.36 bits per heavy atom. The van der Waals surface area contributed by atoms with Crippen LogP contribution in [0.4, 0.5) is 0 Å². The largest absolute Gasteiger partial charge is 0.376 e. The number of ketones is 1. The predicted octanol–water partition coefficient (Wildman–Crippen LogP) is 1.07. The van der Waals surface area contributed by atoms with Crippen molar-refractivity contribution < 1.29 is 9.53 Å². The molecule has 0 N–H and O–H groups in total. The molecule has 2 aliphatic rings. The number of fused-ring (bicyclic) bond motifs is 1. The summed E-state index contributed by atoms with van der Waals surface area (Å²) in [5.74, 6) is 0.927. The average Bonchev–Trinajstić information content (AvgIpc) is 2.53. The molecular weight excluding hydrogens is 178 g/mol. The van der Waals surface area contributed by atoms with E-state index in [4.69, 9.17) is 4.74 Å². The van der Waals surface area contributed by atoms with Crippen molar-refractivity contribution in [2.45, 2.75) is 38.3 Å². The predicted molar refractivity (Wildman–Crippen MR) is 54.2 cm³/mol. The highest BCUT2D eigenvalue weighted by molar-refractivity contribution is 5.84. The standard InChI is InChI=1S/C11H19NO2/c1-3-9(13)10-11-8(7-12(10)2)5-4-6-14-11/h8,10-11H,3-7H2,1-2H3. The third-order valence-electron chi connectivity index (χ3n) is 3.48. The summed E-state index contributed by atoms with van der Waals surface area (Å²) in [5.41, 5.74) is 0. The molecule has 2 fully saturated rings. The number of likely N-dealkylation sites (N-methyl/N-ethyl adjacent to an activating group) is 1. The maximum absolute atomic E-state index is 11.8. The van der Waals surface area contributed by atoms with Gasteiger partial charge in [-0.1, -0.05) is 6.92 Å². The number of hydrogen-bond acceptors (Lipinski definition) is 3. The maximum atomic E-state index is 11.8. The molecule has 3 atom stereocenters. The Bertz CT molecular complexity index is 229. The van der Waals surface area contributed by atoms with Crippen LogP contribution in [-0.2, 0) is 9.53 Å². The van der Waals surface area contributed by atoms with Gasteiger partial charge in [-0.3, -0.25) is 9.69 Å². The van der Waals surface area contributed by atoms with Gasteiger partial charge in [-0.15, -0.1) is 0 Å². The second-order valence-corrected chi connectivity index (χ2v) is 4.44. The summed E-state index contributed by atoms with van der Waals surface area (Å²) >= 11 is 0. The van der Waals surface area contributed by atoms with Gasteiger partial charge in [-0.2, -0.15) is 0 Å². The number of carbonyl (C=O) groups is 1. The Balaban J connectivity index is 2.11. The quantitative estimate of drug-likeness (QED) is 0.663. The number of ether oxygens (including phenoxy) is 1. The fourth-order valence-electron chi connectivity index (χ4n) is 2.78. The molecule has 2 saturated heterocycles. The molecule has 0 aromatic rings. The second kappa shape index (κ2) is 3.99. The van der Waals surface area contributed by atoms with Gasteiger partial charge in [0, 0.05) is 19.6 Å². The van der Waals surface area contributed by atoms with Gasteiger partial charge < -0.3 is 4.74 Å². The molecule has 0 bridgehead atoms. The molecule has 2 aliphatic heterocycles. The Morgan fingerprint density at radius 1 is 1.57 bits per heavy atom. The van der Waals surface area contributed by atoms with Crippen LogP contribution in [0.2, 0.25) is 0 Å². The van der Waals surface area contributed by atoms with Crippen molar-refractivity contribution in [2.75, 3.05) is 20.2 Å². The van der Waals surface area contributed by atoms with E-state index in [0.29, 0.717) is 18.1 Å².